The molecule has 0 amide bonds. The Morgan fingerprint density at radius 3 is 1.98 bits per heavy atom. The fourth-order valence-electron chi connectivity index (χ4n) is 8.12. The van der Waals surface area contributed by atoms with Gasteiger partial charge in [0.25, 0.3) is 0 Å². The van der Waals surface area contributed by atoms with Gasteiger partial charge in [-0.2, -0.15) is 0 Å². The van der Waals surface area contributed by atoms with Gasteiger partial charge in [0.1, 0.15) is 0 Å². The Kier molecular flexibility index (Phi) is 6.67. The smallest absolute Gasteiger partial charge is 0.0580 e. The first kappa shape index (κ1) is 29.6. The van der Waals surface area contributed by atoms with Crippen molar-refractivity contribution in [2.75, 3.05) is 16.3 Å². The summed E-state index contributed by atoms with van der Waals surface area (Å²) in [5.41, 5.74) is 15.7. The van der Waals surface area contributed by atoms with Gasteiger partial charge in [0, 0.05) is 34.7 Å². The molecule has 47 heavy (non-hydrogen) atoms. The molecule has 2 nitrogen and oxygen atoms in total. The Hall–Kier alpha value is -4.82. The van der Waals surface area contributed by atoms with Crippen LogP contribution < -0.4 is 9.80 Å². The average Bonchev–Trinajstić information content (AvgIpc) is 3.29. The van der Waals surface area contributed by atoms with Crippen LogP contribution in [0.4, 0.5) is 22.7 Å². The van der Waals surface area contributed by atoms with E-state index in [1.165, 1.54) is 67.3 Å². The van der Waals surface area contributed by atoms with Crippen molar-refractivity contribution in [1.82, 2.24) is 0 Å². The minimum atomic E-state index is -0.121. The molecule has 0 atom stereocenters. The molecule has 0 fully saturated rings. The van der Waals surface area contributed by atoms with Crippen molar-refractivity contribution in [2.24, 2.45) is 0 Å². The van der Waals surface area contributed by atoms with Crippen LogP contribution in [0.25, 0.3) is 29.4 Å². The van der Waals surface area contributed by atoms with Gasteiger partial charge >= 0.3 is 0 Å². The number of nitrogens with zero attached hydrogens (tertiary/aromatic N) is 2. The fourth-order valence-corrected chi connectivity index (χ4v) is 8.12. The third-order valence-electron chi connectivity index (χ3n) is 10.9. The van der Waals surface area contributed by atoms with Crippen LogP contribution in [0.2, 0.25) is 0 Å². The topological polar surface area (TPSA) is 6.48 Å². The molecule has 0 unspecified atom stereocenters. The van der Waals surface area contributed by atoms with Crippen molar-refractivity contribution in [3.63, 3.8) is 0 Å². The molecule has 5 aromatic carbocycles. The van der Waals surface area contributed by atoms with E-state index < -0.39 is 0 Å². The Morgan fingerprint density at radius 2 is 1.19 bits per heavy atom. The predicted molar refractivity (Wildman–Crippen MR) is 202 cm³/mol. The lowest BCUT2D eigenvalue weighted by atomic mass is 9.77. The highest BCUT2D eigenvalue weighted by atomic mass is 15.2. The summed E-state index contributed by atoms with van der Waals surface area (Å²) in [6, 6.07) is 40.7. The molecule has 5 aromatic rings. The second-order valence-electron chi connectivity index (χ2n) is 15.3. The summed E-state index contributed by atoms with van der Waals surface area (Å²) in [4.78, 5) is 4.97. The minimum absolute atomic E-state index is 0.0965. The summed E-state index contributed by atoms with van der Waals surface area (Å²) < 4.78 is 0. The van der Waals surface area contributed by atoms with E-state index in [2.05, 4.69) is 185 Å². The van der Waals surface area contributed by atoms with Gasteiger partial charge in [0.05, 0.1) is 5.54 Å². The summed E-state index contributed by atoms with van der Waals surface area (Å²) in [6.07, 6.45) is 10.2. The van der Waals surface area contributed by atoms with Crippen molar-refractivity contribution in [2.45, 2.75) is 64.3 Å². The number of fused-ring (bicyclic) bond motifs is 5. The maximum absolute atomic E-state index is 2.49. The van der Waals surface area contributed by atoms with Crippen molar-refractivity contribution in [3.8, 4) is 11.1 Å². The molecule has 0 saturated heterocycles. The summed E-state index contributed by atoms with van der Waals surface area (Å²) in [7, 11) is 0. The second kappa shape index (κ2) is 10.6. The molecular formula is C45H44N2. The molecule has 0 saturated carbocycles. The monoisotopic (exact) mass is 612 g/mol. The SMILES string of the molecule is CC1(C)CCN(c2ccc(C=Cc3ccc4c(c3)C(C)(C)c3cc(N5c6ccccc6C=CC5(C)C)ccc3-4)cc2)c2ccccc21. The average molecular weight is 613 g/mol. The highest BCUT2D eigenvalue weighted by molar-refractivity contribution is 5.87. The van der Waals surface area contributed by atoms with Gasteiger partial charge in [-0.25, -0.2) is 0 Å². The quantitative estimate of drug-likeness (QED) is 0.186. The molecule has 8 rings (SSSR count). The number of para-hydroxylation sites is 2. The lowest BCUT2D eigenvalue weighted by Gasteiger charge is -2.42. The Balaban J connectivity index is 1.06. The summed E-state index contributed by atoms with van der Waals surface area (Å²) in [5.74, 6) is 0. The van der Waals surface area contributed by atoms with Gasteiger partial charge in [0.15, 0.2) is 0 Å². The van der Waals surface area contributed by atoms with E-state index in [1.54, 1.807) is 0 Å². The molecule has 2 aliphatic heterocycles. The van der Waals surface area contributed by atoms with Crippen molar-refractivity contribution < 1.29 is 0 Å². The number of rotatable bonds is 4. The zero-order chi connectivity index (χ0) is 32.6. The van der Waals surface area contributed by atoms with Crippen LogP contribution in [0.15, 0.2) is 115 Å². The number of hydrogen-bond acceptors (Lipinski definition) is 2. The third-order valence-corrected chi connectivity index (χ3v) is 10.9. The summed E-state index contributed by atoms with van der Waals surface area (Å²) >= 11 is 0. The van der Waals surface area contributed by atoms with Crippen molar-refractivity contribution in [3.05, 3.63) is 149 Å². The first-order valence-electron chi connectivity index (χ1n) is 17.1. The van der Waals surface area contributed by atoms with E-state index in [4.69, 9.17) is 0 Å². The Labute approximate surface area is 280 Å². The first-order valence-corrected chi connectivity index (χ1v) is 17.1. The van der Waals surface area contributed by atoms with Gasteiger partial charge in [-0.15, -0.1) is 0 Å². The molecule has 1 aliphatic carbocycles. The van der Waals surface area contributed by atoms with Crippen LogP contribution >= 0.6 is 0 Å². The van der Waals surface area contributed by atoms with Crippen LogP contribution in [-0.2, 0) is 10.8 Å². The highest BCUT2D eigenvalue weighted by Crippen LogP contribution is 2.51. The van der Waals surface area contributed by atoms with Gasteiger partial charge in [-0.1, -0.05) is 125 Å². The molecule has 0 aromatic heterocycles. The maximum atomic E-state index is 2.49. The van der Waals surface area contributed by atoms with Gasteiger partial charge in [-0.05, 0) is 107 Å². The van der Waals surface area contributed by atoms with Crippen molar-refractivity contribution >= 4 is 41.0 Å². The van der Waals surface area contributed by atoms with Crippen LogP contribution in [-0.4, -0.2) is 12.1 Å². The van der Waals surface area contributed by atoms with Crippen LogP contribution in [0.3, 0.4) is 0 Å². The minimum Gasteiger partial charge on any atom is -0.341 e. The fraction of sp³-hybridized carbons (Fsp3) is 0.244. The molecular weight excluding hydrogens is 569 g/mol. The lowest BCUT2D eigenvalue weighted by molar-refractivity contribution is 0.467. The summed E-state index contributed by atoms with van der Waals surface area (Å²) in [6.45, 7) is 15.1. The zero-order valence-corrected chi connectivity index (χ0v) is 28.5. The largest absolute Gasteiger partial charge is 0.341 e. The van der Waals surface area contributed by atoms with E-state index in [1.807, 2.05) is 0 Å². The molecule has 0 N–H and O–H groups in total. The molecule has 234 valence electrons. The molecule has 3 aliphatic rings. The lowest BCUT2D eigenvalue weighted by Crippen LogP contribution is -2.40. The third kappa shape index (κ3) is 4.85. The number of hydrogen-bond donors (Lipinski definition) is 0. The van der Waals surface area contributed by atoms with E-state index in [9.17, 15) is 0 Å². The van der Waals surface area contributed by atoms with Crippen LogP contribution in [0.1, 0.15) is 81.3 Å². The van der Waals surface area contributed by atoms with Crippen LogP contribution in [0, 0.1) is 0 Å². The maximum Gasteiger partial charge on any atom is 0.0580 e. The van der Waals surface area contributed by atoms with E-state index in [0.29, 0.717) is 0 Å². The molecule has 0 bridgehead atoms. The van der Waals surface area contributed by atoms with E-state index in [-0.39, 0.29) is 16.4 Å². The second-order valence-corrected chi connectivity index (χ2v) is 15.3. The summed E-state index contributed by atoms with van der Waals surface area (Å²) in [5, 5.41) is 0. The highest BCUT2D eigenvalue weighted by Gasteiger charge is 2.38. The Morgan fingerprint density at radius 1 is 0.574 bits per heavy atom. The predicted octanol–water partition coefficient (Wildman–Crippen LogP) is 11.9. The molecule has 0 radical (unpaired) electrons. The van der Waals surface area contributed by atoms with E-state index in [0.717, 1.165) is 13.0 Å². The van der Waals surface area contributed by atoms with Gasteiger partial charge in [0.2, 0.25) is 0 Å². The normalized spacial score (nSPS) is 18.1. The zero-order valence-electron chi connectivity index (χ0n) is 28.5. The number of benzene rings is 5. The first-order chi connectivity index (χ1) is 22.5. The molecule has 2 heterocycles. The standard InChI is InChI=1S/C45H44N2/c1-43(2)27-28-46(42-14-10-8-12-38(42)43)34-20-17-31(18-21-34)15-16-32-19-23-36-37-24-22-35(30-40(37)45(5,6)39(36)29-32)47-41-13-9-7-11-33(41)25-26-44(47,3)4/h7-26,29-30H,27-28H2,1-6H3. The molecule has 0 spiro atoms. The molecule has 2 heteroatoms. The van der Waals surface area contributed by atoms with Gasteiger partial charge < -0.3 is 9.80 Å². The number of anilines is 4. The Bertz CT molecular complexity index is 2070. The van der Waals surface area contributed by atoms with Crippen molar-refractivity contribution in [1.29, 1.82) is 0 Å². The van der Waals surface area contributed by atoms with E-state index >= 15 is 0 Å². The van der Waals surface area contributed by atoms with Crippen LogP contribution in [0.5, 0.6) is 0 Å². The van der Waals surface area contributed by atoms with Gasteiger partial charge in [-0.3, -0.25) is 0 Å².